The van der Waals surface area contributed by atoms with Gasteiger partial charge in [0.1, 0.15) is 0 Å². The number of allylic oxidation sites excluding steroid dienone is 1. The summed E-state index contributed by atoms with van der Waals surface area (Å²) in [6.07, 6.45) is 5.94. The molecule has 0 saturated carbocycles. The summed E-state index contributed by atoms with van der Waals surface area (Å²) in [6.45, 7) is 8.66. The van der Waals surface area contributed by atoms with Gasteiger partial charge in [0.25, 0.3) is 0 Å². The Morgan fingerprint density at radius 3 is 3.00 bits per heavy atom. The lowest BCUT2D eigenvalue weighted by Gasteiger charge is -2.28. The summed E-state index contributed by atoms with van der Waals surface area (Å²) in [5.74, 6) is 0. The molecule has 0 unspecified atom stereocenters. The van der Waals surface area contributed by atoms with E-state index in [0.29, 0.717) is 0 Å². The van der Waals surface area contributed by atoms with Crippen molar-refractivity contribution >= 4 is 0 Å². The van der Waals surface area contributed by atoms with Crippen LogP contribution in [0.5, 0.6) is 0 Å². The zero-order valence-corrected chi connectivity index (χ0v) is 8.45. The quantitative estimate of drug-likeness (QED) is 0.625. The normalized spacial score (nSPS) is 29.4. The van der Waals surface area contributed by atoms with Crippen LogP contribution in [0.1, 0.15) is 26.7 Å². The van der Waals surface area contributed by atoms with E-state index < -0.39 is 0 Å². The third kappa shape index (κ3) is 3.75. The van der Waals surface area contributed by atoms with E-state index in [9.17, 15) is 0 Å². The summed E-state index contributed by atoms with van der Waals surface area (Å²) in [6, 6.07) is 0. The largest absolute Gasteiger partial charge is 0.349 e. The van der Waals surface area contributed by atoms with Crippen molar-refractivity contribution in [1.82, 2.24) is 0 Å². The van der Waals surface area contributed by atoms with Crippen LogP contribution >= 0.6 is 0 Å². The number of hydrogen-bond acceptors (Lipinski definition) is 2. The molecule has 74 valence electrons. The average Bonchev–Trinajstić information content (AvgIpc) is 2.04. The fraction of sp³-hybridized carbons (Fsp3) is 0.636. The third-order valence-electron chi connectivity index (χ3n) is 1.97. The molecule has 1 rings (SSSR count). The smallest absolute Gasteiger partial charge is 0.177 e. The van der Waals surface area contributed by atoms with Crippen molar-refractivity contribution in [3.05, 3.63) is 24.3 Å². The molecule has 0 aromatic carbocycles. The average molecular weight is 182 g/mol. The van der Waals surface area contributed by atoms with Crippen molar-refractivity contribution in [2.24, 2.45) is 0 Å². The van der Waals surface area contributed by atoms with Crippen LogP contribution in [0.25, 0.3) is 0 Å². The van der Waals surface area contributed by atoms with Gasteiger partial charge < -0.3 is 9.47 Å². The van der Waals surface area contributed by atoms with Gasteiger partial charge in [-0.15, -0.1) is 6.58 Å². The second-order valence-electron chi connectivity index (χ2n) is 3.47. The van der Waals surface area contributed by atoms with E-state index in [1.807, 2.05) is 26.0 Å². The molecule has 1 aliphatic rings. The van der Waals surface area contributed by atoms with Crippen LogP contribution in [0.15, 0.2) is 24.3 Å². The zero-order valence-electron chi connectivity index (χ0n) is 8.45. The minimum absolute atomic E-state index is 0.150. The van der Waals surface area contributed by atoms with Crippen molar-refractivity contribution < 1.29 is 9.47 Å². The summed E-state index contributed by atoms with van der Waals surface area (Å²) < 4.78 is 11.1. The zero-order chi connectivity index (χ0) is 9.68. The summed E-state index contributed by atoms with van der Waals surface area (Å²) in [4.78, 5) is 0. The van der Waals surface area contributed by atoms with Gasteiger partial charge in [0.05, 0.1) is 12.7 Å². The van der Waals surface area contributed by atoms with Crippen LogP contribution in [0.4, 0.5) is 0 Å². The Labute approximate surface area is 80.2 Å². The molecule has 2 nitrogen and oxygen atoms in total. The van der Waals surface area contributed by atoms with E-state index in [-0.39, 0.29) is 12.4 Å². The Hall–Kier alpha value is -0.600. The van der Waals surface area contributed by atoms with Crippen molar-refractivity contribution in [1.29, 1.82) is 0 Å². The highest BCUT2D eigenvalue weighted by Crippen LogP contribution is 2.18. The molecule has 0 N–H and O–H groups in total. The molecule has 0 spiro atoms. The van der Waals surface area contributed by atoms with E-state index in [1.54, 1.807) is 0 Å². The Balaban J connectivity index is 2.37. The standard InChI is InChI=1S/C11H18O2/c1-4-5-11-12-7-6-10(13-11)8-9(2)3/h4-5,10-11H,2,6-8H2,1,3H3/b5-4+/t10-,11-/m1/s1. The third-order valence-corrected chi connectivity index (χ3v) is 1.97. The Morgan fingerprint density at radius 1 is 1.62 bits per heavy atom. The van der Waals surface area contributed by atoms with E-state index in [2.05, 4.69) is 6.58 Å². The first kappa shape index (κ1) is 10.5. The monoisotopic (exact) mass is 182 g/mol. The van der Waals surface area contributed by atoms with E-state index in [4.69, 9.17) is 9.47 Å². The first-order valence-corrected chi connectivity index (χ1v) is 4.76. The molecule has 1 aliphatic heterocycles. The minimum atomic E-state index is -0.150. The van der Waals surface area contributed by atoms with Gasteiger partial charge in [-0.2, -0.15) is 0 Å². The van der Waals surface area contributed by atoms with Gasteiger partial charge in [-0.3, -0.25) is 0 Å². The number of hydrogen-bond donors (Lipinski definition) is 0. The molecular weight excluding hydrogens is 164 g/mol. The van der Waals surface area contributed by atoms with Gasteiger partial charge in [-0.25, -0.2) is 0 Å². The molecule has 0 aliphatic carbocycles. The Bertz CT molecular complexity index is 196. The van der Waals surface area contributed by atoms with Crippen molar-refractivity contribution in [3.63, 3.8) is 0 Å². The highest BCUT2D eigenvalue weighted by Gasteiger charge is 2.20. The molecule has 0 aromatic heterocycles. The van der Waals surface area contributed by atoms with Gasteiger partial charge in [0, 0.05) is 0 Å². The first-order chi connectivity index (χ1) is 6.22. The summed E-state index contributed by atoms with van der Waals surface area (Å²) in [7, 11) is 0. The number of rotatable bonds is 3. The Kier molecular flexibility index (Phi) is 4.19. The lowest BCUT2D eigenvalue weighted by molar-refractivity contribution is -0.185. The van der Waals surface area contributed by atoms with Gasteiger partial charge in [0.15, 0.2) is 6.29 Å². The molecule has 1 heterocycles. The molecule has 0 radical (unpaired) electrons. The van der Waals surface area contributed by atoms with Crippen LogP contribution in [0.2, 0.25) is 0 Å². The van der Waals surface area contributed by atoms with Crippen molar-refractivity contribution in [3.8, 4) is 0 Å². The SMILES string of the molecule is C=C(C)C[C@H]1CCO[C@@H](/C=C/C)O1. The van der Waals surface area contributed by atoms with E-state index >= 15 is 0 Å². The number of ether oxygens (including phenoxy) is 2. The summed E-state index contributed by atoms with van der Waals surface area (Å²) in [5.41, 5.74) is 1.17. The molecule has 1 fully saturated rings. The maximum absolute atomic E-state index is 5.67. The lowest BCUT2D eigenvalue weighted by Crippen LogP contribution is -2.31. The van der Waals surface area contributed by atoms with Crippen molar-refractivity contribution in [2.75, 3.05) is 6.61 Å². The molecule has 0 aromatic rings. The predicted molar refractivity (Wildman–Crippen MR) is 53.5 cm³/mol. The lowest BCUT2D eigenvalue weighted by atomic mass is 10.1. The van der Waals surface area contributed by atoms with Crippen LogP contribution in [0.3, 0.4) is 0 Å². The molecule has 0 bridgehead atoms. The van der Waals surface area contributed by atoms with E-state index in [1.165, 1.54) is 5.57 Å². The Morgan fingerprint density at radius 2 is 2.38 bits per heavy atom. The van der Waals surface area contributed by atoms with Gasteiger partial charge >= 0.3 is 0 Å². The predicted octanol–water partition coefficient (Wildman–Crippen LogP) is 2.66. The fourth-order valence-electron chi connectivity index (χ4n) is 1.41. The first-order valence-electron chi connectivity index (χ1n) is 4.76. The van der Waals surface area contributed by atoms with Crippen LogP contribution in [0, 0.1) is 0 Å². The van der Waals surface area contributed by atoms with Gasteiger partial charge in [-0.1, -0.05) is 11.6 Å². The van der Waals surface area contributed by atoms with Gasteiger partial charge in [0.2, 0.25) is 0 Å². The highest BCUT2D eigenvalue weighted by atomic mass is 16.7. The topological polar surface area (TPSA) is 18.5 Å². The van der Waals surface area contributed by atoms with Crippen molar-refractivity contribution in [2.45, 2.75) is 39.1 Å². The van der Waals surface area contributed by atoms with Crippen LogP contribution in [-0.4, -0.2) is 19.0 Å². The van der Waals surface area contributed by atoms with Crippen LogP contribution in [-0.2, 0) is 9.47 Å². The maximum atomic E-state index is 5.67. The second kappa shape index (κ2) is 5.20. The van der Waals surface area contributed by atoms with Crippen LogP contribution < -0.4 is 0 Å². The summed E-state index contributed by atoms with van der Waals surface area (Å²) >= 11 is 0. The van der Waals surface area contributed by atoms with E-state index in [0.717, 1.165) is 19.4 Å². The maximum Gasteiger partial charge on any atom is 0.177 e. The second-order valence-corrected chi connectivity index (χ2v) is 3.47. The fourth-order valence-corrected chi connectivity index (χ4v) is 1.41. The van der Waals surface area contributed by atoms with Gasteiger partial charge in [-0.05, 0) is 32.8 Å². The molecule has 13 heavy (non-hydrogen) atoms. The molecule has 2 atom stereocenters. The minimum Gasteiger partial charge on any atom is -0.349 e. The summed E-state index contributed by atoms with van der Waals surface area (Å²) in [5, 5.41) is 0. The molecule has 0 amide bonds. The molecule has 1 saturated heterocycles. The highest BCUT2D eigenvalue weighted by molar-refractivity contribution is 4.93. The molecular formula is C11H18O2. The molecule has 2 heteroatoms.